The van der Waals surface area contributed by atoms with Crippen molar-refractivity contribution in [2.45, 2.75) is 9.79 Å². The monoisotopic (exact) mass is 368 g/mol. The second kappa shape index (κ2) is 6.10. The maximum absolute atomic E-state index is 13.1. The van der Waals surface area contributed by atoms with Crippen molar-refractivity contribution in [3.05, 3.63) is 84.7 Å². The molecular weight excluding hydrogens is 355 g/mol. The Balaban J connectivity index is 1.80. The molecule has 0 aliphatic heterocycles. The van der Waals surface area contributed by atoms with Gasteiger partial charge in [-0.3, -0.25) is 0 Å². The minimum atomic E-state index is -3.53. The van der Waals surface area contributed by atoms with Crippen molar-refractivity contribution in [3.8, 4) is 10.4 Å². The molecule has 0 saturated carbocycles. The summed E-state index contributed by atoms with van der Waals surface area (Å²) in [5.74, 6) is -0.277. The van der Waals surface area contributed by atoms with Crippen LogP contribution in [0, 0.1) is 5.82 Å². The summed E-state index contributed by atoms with van der Waals surface area (Å²) in [7, 11) is -3.53. The Labute approximate surface area is 149 Å². The van der Waals surface area contributed by atoms with Gasteiger partial charge in [-0.2, -0.15) is 0 Å². The molecule has 0 unspecified atom stereocenters. The molecule has 0 fully saturated rings. The highest BCUT2D eigenvalue weighted by atomic mass is 32.2. The predicted octanol–water partition coefficient (Wildman–Crippen LogP) is 5.54. The van der Waals surface area contributed by atoms with Gasteiger partial charge in [0, 0.05) is 9.58 Å². The highest BCUT2D eigenvalue weighted by Gasteiger charge is 2.18. The van der Waals surface area contributed by atoms with Gasteiger partial charge in [-0.1, -0.05) is 36.4 Å². The molecule has 0 radical (unpaired) electrons. The number of halogens is 1. The average Bonchev–Trinajstić information content (AvgIpc) is 3.06. The van der Waals surface area contributed by atoms with Gasteiger partial charge >= 0.3 is 0 Å². The summed E-state index contributed by atoms with van der Waals surface area (Å²) in [5, 5.41) is 0.969. The van der Waals surface area contributed by atoms with E-state index in [0.717, 1.165) is 20.5 Å². The van der Waals surface area contributed by atoms with Crippen LogP contribution in [0.3, 0.4) is 0 Å². The van der Waals surface area contributed by atoms with Gasteiger partial charge < -0.3 is 0 Å². The summed E-state index contributed by atoms with van der Waals surface area (Å²) in [5.41, 5.74) is 0.912. The molecule has 0 spiro atoms. The van der Waals surface area contributed by atoms with Crippen molar-refractivity contribution in [1.29, 1.82) is 0 Å². The van der Waals surface area contributed by atoms with Gasteiger partial charge in [0.2, 0.25) is 9.84 Å². The fourth-order valence-electron chi connectivity index (χ4n) is 2.67. The molecule has 0 atom stereocenters. The van der Waals surface area contributed by atoms with E-state index < -0.39 is 9.84 Å². The fourth-order valence-corrected chi connectivity index (χ4v) is 5.16. The molecule has 4 rings (SSSR count). The maximum Gasteiger partial charge on any atom is 0.206 e. The van der Waals surface area contributed by atoms with Crippen molar-refractivity contribution < 1.29 is 12.8 Å². The van der Waals surface area contributed by atoms with Gasteiger partial charge in [0.15, 0.2) is 0 Å². The van der Waals surface area contributed by atoms with Crippen LogP contribution >= 0.6 is 11.3 Å². The number of sulfone groups is 1. The number of fused-ring (bicyclic) bond motifs is 1. The first-order chi connectivity index (χ1) is 12.0. The fraction of sp³-hybridized carbons (Fsp3) is 0. The first-order valence-corrected chi connectivity index (χ1v) is 9.94. The molecule has 3 aromatic carbocycles. The summed E-state index contributed by atoms with van der Waals surface area (Å²) in [6, 6.07) is 21.8. The Morgan fingerprint density at radius 1 is 0.760 bits per heavy atom. The van der Waals surface area contributed by atoms with Gasteiger partial charge in [0.25, 0.3) is 0 Å². The second-order valence-electron chi connectivity index (χ2n) is 5.63. The Morgan fingerprint density at radius 2 is 1.48 bits per heavy atom. The standard InChI is InChI=1S/C20H13FO2S2/c21-16-9-6-14(7-10-16)19-12-15-8-11-18(13-20(15)24-19)25(22,23)17-4-2-1-3-5-17/h1-13H. The summed E-state index contributed by atoms with van der Waals surface area (Å²) in [6.07, 6.45) is 0. The zero-order valence-corrected chi connectivity index (χ0v) is 14.6. The van der Waals surface area contributed by atoms with E-state index in [0.29, 0.717) is 0 Å². The van der Waals surface area contributed by atoms with Crippen LogP contribution in [0.4, 0.5) is 4.39 Å². The smallest absolute Gasteiger partial charge is 0.206 e. The highest BCUT2D eigenvalue weighted by molar-refractivity contribution is 7.91. The zero-order chi connectivity index (χ0) is 17.4. The quantitative estimate of drug-likeness (QED) is 0.476. The molecule has 0 N–H and O–H groups in total. The summed E-state index contributed by atoms with van der Waals surface area (Å²) >= 11 is 1.49. The van der Waals surface area contributed by atoms with Crippen LogP contribution < -0.4 is 0 Å². The van der Waals surface area contributed by atoms with Crippen LogP contribution in [0.25, 0.3) is 20.5 Å². The van der Waals surface area contributed by atoms with Crippen LogP contribution in [0.2, 0.25) is 0 Å². The molecule has 4 aromatic rings. The average molecular weight is 368 g/mol. The van der Waals surface area contributed by atoms with Crippen LogP contribution in [-0.4, -0.2) is 8.42 Å². The third-order valence-electron chi connectivity index (χ3n) is 3.98. The van der Waals surface area contributed by atoms with E-state index in [9.17, 15) is 12.8 Å². The minimum absolute atomic E-state index is 0.277. The second-order valence-corrected chi connectivity index (χ2v) is 8.67. The van der Waals surface area contributed by atoms with E-state index in [-0.39, 0.29) is 15.6 Å². The number of thiophene rings is 1. The molecule has 0 amide bonds. The SMILES string of the molecule is O=S(=O)(c1ccccc1)c1ccc2cc(-c3ccc(F)cc3)sc2c1. The lowest BCUT2D eigenvalue weighted by Crippen LogP contribution is -2.01. The van der Waals surface area contributed by atoms with Crippen LogP contribution in [-0.2, 0) is 9.84 Å². The van der Waals surface area contributed by atoms with Crippen molar-refractivity contribution in [1.82, 2.24) is 0 Å². The van der Waals surface area contributed by atoms with Gasteiger partial charge in [-0.15, -0.1) is 11.3 Å². The van der Waals surface area contributed by atoms with Gasteiger partial charge in [-0.05, 0) is 53.4 Å². The Kier molecular flexibility index (Phi) is 3.90. The molecule has 5 heteroatoms. The predicted molar refractivity (Wildman–Crippen MR) is 99.1 cm³/mol. The van der Waals surface area contributed by atoms with E-state index in [1.807, 2.05) is 12.1 Å². The maximum atomic E-state index is 13.1. The van der Waals surface area contributed by atoms with Gasteiger partial charge in [-0.25, -0.2) is 12.8 Å². The topological polar surface area (TPSA) is 34.1 Å². The number of rotatable bonds is 3. The van der Waals surface area contributed by atoms with E-state index in [1.165, 1.54) is 23.5 Å². The lowest BCUT2D eigenvalue weighted by molar-refractivity contribution is 0.596. The molecule has 0 bridgehead atoms. The van der Waals surface area contributed by atoms with Crippen molar-refractivity contribution in [3.63, 3.8) is 0 Å². The normalized spacial score (nSPS) is 11.7. The molecule has 1 heterocycles. The van der Waals surface area contributed by atoms with Crippen molar-refractivity contribution in [2.75, 3.05) is 0 Å². The van der Waals surface area contributed by atoms with E-state index >= 15 is 0 Å². The molecule has 1 aromatic heterocycles. The lowest BCUT2D eigenvalue weighted by atomic mass is 10.1. The zero-order valence-electron chi connectivity index (χ0n) is 13.0. The first kappa shape index (κ1) is 16.0. The Bertz CT molecular complexity index is 1150. The summed E-state index contributed by atoms with van der Waals surface area (Å²) < 4.78 is 39.5. The molecule has 0 aliphatic rings. The number of hydrogen-bond acceptors (Lipinski definition) is 3. The minimum Gasteiger partial charge on any atom is -0.219 e. The number of benzene rings is 3. The third-order valence-corrected chi connectivity index (χ3v) is 6.90. The first-order valence-electron chi connectivity index (χ1n) is 7.64. The molecule has 0 aliphatic carbocycles. The van der Waals surface area contributed by atoms with Crippen molar-refractivity contribution in [2.24, 2.45) is 0 Å². The molecular formula is C20H13FO2S2. The molecule has 2 nitrogen and oxygen atoms in total. The van der Waals surface area contributed by atoms with Crippen molar-refractivity contribution >= 4 is 31.3 Å². The van der Waals surface area contributed by atoms with Gasteiger partial charge in [0.1, 0.15) is 5.82 Å². The Morgan fingerprint density at radius 3 is 2.20 bits per heavy atom. The summed E-state index contributed by atoms with van der Waals surface area (Å²) in [6.45, 7) is 0. The third kappa shape index (κ3) is 2.97. The molecule has 25 heavy (non-hydrogen) atoms. The van der Waals surface area contributed by atoms with Crippen LogP contribution in [0.15, 0.2) is 88.7 Å². The number of hydrogen-bond donors (Lipinski definition) is 0. The molecule has 124 valence electrons. The summed E-state index contributed by atoms with van der Waals surface area (Å²) in [4.78, 5) is 1.53. The van der Waals surface area contributed by atoms with Crippen LogP contribution in [0.5, 0.6) is 0 Å². The Hall–Kier alpha value is -2.50. The highest BCUT2D eigenvalue weighted by Crippen LogP contribution is 2.35. The van der Waals surface area contributed by atoms with Gasteiger partial charge in [0.05, 0.1) is 9.79 Å². The largest absolute Gasteiger partial charge is 0.219 e. The lowest BCUT2D eigenvalue weighted by Gasteiger charge is -2.04. The van der Waals surface area contributed by atoms with E-state index in [1.54, 1.807) is 54.6 Å². The van der Waals surface area contributed by atoms with E-state index in [4.69, 9.17) is 0 Å². The van der Waals surface area contributed by atoms with Crippen LogP contribution in [0.1, 0.15) is 0 Å². The molecule has 0 saturated heterocycles. The van der Waals surface area contributed by atoms with E-state index in [2.05, 4.69) is 0 Å².